The summed E-state index contributed by atoms with van der Waals surface area (Å²) in [5.41, 5.74) is -0.0898. The first-order valence-corrected chi connectivity index (χ1v) is 7.13. The molecule has 0 bridgehead atoms. The first-order valence-electron chi connectivity index (χ1n) is 7.13. The molecule has 0 N–H and O–H groups in total. The van der Waals surface area contributed by atoms with E-state index in [0.717, 1.165) is 12.5 Å². The van der Waals surface area contributed by atoms with Gasteiger partial charge in [-0.25, -0.2) is 0 Å². The van der Waals surface area contributed by atoms with Crippen molar-refractivity contribution in [1.82, 2.24) is 0 Å². The van der Waals surface area contributed by atoms with E-state index in [1.165, 1.54) is 12.1 Å². The summed E-state index contributed by atoms with van der Waals surface area (Å²) in [6, 6.07) is 3.64. The lowest BCUT2D eigenvalue weighted by Crippen LogP contribution is -2.11. The van der Waals surface area contributed by atoms with Crippen molar-refractivity contribution in [2.45, 2.75) is 46.2 Å². The minimum atomic E-state index is -4.35. The molecule has 0 aliphatic carbocycles. The third kappa shape index (κ3) is 4.70. The van der Waals surface area contributed by atoms with Gasteiger partial charge in [-0.1, -0.05) is 26.7 Å². The maximum Gasteiger partial charge on any atom is 0.416 e. The fourth-order valence-electron chi connectivity index (χ4n) is 2.02. The van der Waals surface area contributed by atoms with Crippen LogP contribution >= 0.6 is 0 Å². The molecule has 0 aliphatic rings. The minimum Gasteiger partial charge on any atom is -0.494 e. The molecular weight excluding hydrogens is 277 g/mol. The van der Waals surface area contributed by atoms with Crippen LogP contribution in [0.15, 0.2) is 18.2 Å². The average Bonchev–Trinajstić information content (AvgIpc) is 2.43. The summed E-state index contributed by atoms with van der Waals surface area (Å²) >= 11 is 0. The van der Waals surface area contributed by atoms with Crippen LogP contribution < -0.4 is 4.74 Å². The molecule has 0 heterocycles. The molecule has 0 aromatic heterocycles. The van der Waals surface area contributed by atoms with Gasteiger partial charge in [0.05, 0.1) is 12.2 Å². The zero-order chi connectivity index (χ0) is 16.0. The molecule has 0 spiro atoms. The molecule has 4 heteroatoms. The first kappa shape index (κ1) is 17.4. The number of rotatable bonds is 4. The van der Waals surface area contributed by atoms with Crippen LogP contribution in [-0.4, -0.2) is 6.61 Å². The lowest BCUT2D eigenvalue weighted by Gasteiger charge is -2.21. The van der Waals surface area contributed by atoms with Gasteiger partial charge >= 0.3 is 6.18 Å². The quantitative estimate of drug-likeness (QED) is 0.689. The number of ether oxygens (including phenoxy) is 1. The van der Waals surface area contributed by atoms with Gasteiger partial charge in [0, 0.05) is 12.3 Å². The van der Waals surface area contributed by atoms with E-state index in [4.69, 9.17) is 4.74 Å². The topological polar surface area (TPSA) is 9.23 Å². The summed E-state index contributed by atoms with van der Waals surface area (Å²) in [6.07, 6.45) is -3.62. The second-order valence-electron chi connectivity index (χ2n) is 4.94. The third-order valence-electron chi connectivity index (χ3n) is 3.38. The van der Waals surface area contributed by atoms with E-state index in [-0.39, 0.29) is 11.8 Å². The summed E-state index contributed by atoms with van der Waals surface area (Å²) < 4.78 is 44.1. The highest BCUT2D eigenvalue weighted by atomic mass is 19.4. The van der Waals surface area contributed by atoms with Crippen LogP contribution in [0.2, 0.25) is 0 Å². The maximum absolute atomic E-state index is 12.9. The van der Waals surface area contributed by atoms with Crippen molar-refractivity contribution < 1.29 is 17.9 Å². The van der Waals surface area contributed by atoms with Crippen molar-refractivity contribution in [3.63, 3.8) is 0 Å². The second-order valence-corrected chi connectivity index (χ2v) is 4.94. The number of hydrogen-bond acceptors (Lipinski definition) is 1. The summed E-state index contributed by atoms with van der Waals surface area (Å²) in [6.45, 7) is 7.98. The zero-order valence-electron chi connectivity index (χ0n) is 12.8. The Bertz CT molecular complexity index is 523. The number of benzene rings is 1. The molecule has 1 nitrogen and oxygen atoms in total. The molecule has 0 radical (unpaired) electrons. The Morgan fingerprint density at radius 2 is 1.86 bits per heavy atom. The van der Waals surface area contributed by atoms with Crippen molar-refractivity contribution in [2.24, 2.45) is 5.92 Å². The Kier molecular flexibility index (Phi) is 6.14. The number of hydrogen-bond donors (Lipinski definition) is 0. The van der Waals surface area contributed by atoms with E-state index in [2.05, 4.69) is 11.8 Å². The highest BCUT2D eigenvalue weighted by Crippen LogP contribution is 2.37. The molecule has 21 heavy (non-hydrogen) atoms. The van der Waals surface area contributed by atoms with E-state index in [1.807, 2.05) is 27.7 Å². The number of alkyl halides is 3. The molecule has 1 aromatic rings. The Morgan fingerprint density at radius 3 is 2.38 bits per heavy atom. The van der Waals surface area contributed by atoms with Crippen LogP contribution in [0.5, 0.6) is 5.75 Å². The zero-order valence-corrected chi connectivity index (χ0v) is 12.8. The van der Waals surface area contributed by atoms with Crippen LogP contribution in [0.4, 0.5) is 13.2 Å². The van der Waals surface area contributed by atoms with Crippen molar-refractivity contribution in [3.05, 3.63) is 29.3 Å². The fraction of sp³-hybridized carbons (Fsp3) is 0.529. The van der Waals surface area contributed by atoms with Crippen LogP contribution in [0.25, 0.3) is 0 Å². The van der Waals surface area contributed by atoms with E-state index in [9.17, 15) is 13.2 Å². The summed E-state index contributed by atoms with van der Waals surface area (Å²) in [5, 5.41) is 0. The predicted molar refractivity (Wildman–Crippen MR) is 78.3 cm³/mol. The molecule has 0 saturated heterocycles. The Labute approximate surface area is 124 Å². The van der Waals surface area contributed by atoms with Crippen LogP contribution in [-0.2, 0) is 6.18 Å². The molecular formula is C17H21F3O. The highest BCUT2D eigenvalue weighted by molar-refractivity contribution is 5.41. The Balaban J connectivity index is 3.22. The largest absolute Gasteiger partial charge is 0.494 e. The summed E-state index contributed by atoms with van der Waals surface area (Å²) in [5.74, 6) is 6.39. The van der Waals surface area contributed by atoms with Gasteiger partial charge in [-0.3, -0.25) is 0 Å². The fourth-order valence-corrected chi connectivity index (χ4v) is 2.02. The van der Waals surface area contributed by atoms with Crippen molar-refractivity contribution in [3.8, 4) is 17.6 Å². The van der Waals surface area contributed by atoms with E-state index >= 15 is 0 Å². The molecule has 116 valence electrons. The van der Waals surface area contributed by atoms with Gasteiger partial charge in [0.25, 0.3) is 0 Å². The predicted octanol–water partition coefficient (Wildman–Crippen LogP) is 5.26. The Morgan fingerprint density at radius 1 is 1.19 bits per heavy atom. The molecule has 0 fully saturated rings. The SMILES string of the molecule is CCC#CC(C)C(C)c1cc(C(F)(F)F)ccc1OCC. The van der Waals surface area contributed by atoms with Gasteiger partial charge in [-0.05, 0) is 36.6 Å². The van der Waals surface area contributed by atoms with Crippen molar-refractivity contribution in [2.75, 3.05) is 6.61 Å². The number of halogens is 3. The standard InChI is InChI=1S/C17H21F3O/c1-5-7-8-12(3)13(4)15-11-14(17(18,19)20)9-10-16(15)21-6-2/h9-13H,5-6H2,1-4H3. The van der Waals surface area contributed by atoms with Gasteiger partial charge in [-0.15, -0.1) is 5.92 Å². The third-order valence-corrected chi connectivity index (χ3v) is 3.38. The molecule has 0 saturated carbocycles. The summed E-state index contributed by atoms with van der Waals surface area (Å²) in [4.78, 5) is 0. The molecule has 0 aliphatic heterocycles. The van der Waals surface area contributed by atoms with Crippen LogP contribution in [0.1, 0.15) is 51.2 Å². The lowest BCUT2D eigenvalue weighted by atomic mass is 9.87. The van der Waals surface area contributed by atoms with Gasteiger partial charge in [0.1, 0.15) is 5.75 Å². The van der Waals surface area contributed by atoms with Crippen molar-refractivity contribution >= 4 is 0 Å². The molecule has 1 rings (SSSR count). The second kappa shape index (κ2) is 7.40. The average molecular weight is 298 g/mol. The highest BCUT2D eigenvalue weighted by Gasteiger charge is 2.32. The first-order chi connectivity index (χ1) is 9.81. The van der Waals surface area contributed by atoms with Gasteiger partial charge in [0.2, 0.25) is 0 Å². The van der Waals surface area contributed by atoms with E-state index in [1.54, 1.807) is 0 Å². The molecule has 0 amide bonds. The smallest absolute Gasteiger partial charge is 0.416 e. The monoisotopic (exact) mass is 298 g/mol. The summed E-state index contributed by atoms with van der Waals surface area (Å²) in [7, 11) is 0. The lowest BCUT2D eigenvalue weighted by molar-refractivity contribution is -0.137. The molecule has 1 aromatic carbocycles. The Hall–Kier alpha value is -1.63. The van der Waals surface area contributed by atoms with E-state index in [0.29, 0.717) is 17.9 Å². The van der Waals surface area contributed by atoms with Crippen LogP contribution in [0, 0.1) is 17.8 Å². The maximum atomic E-state index is 12.9. The minimum absolute atomic E-state index is 0.0346. The van der Waals surface area contributed by atoms with Crippen molar-refractivity contribution in [1.29, 1.82) is 0 Å². The molecule has 2 unspecified atom stereocenters. The van der Waals surface area contributed by atoms with Crippen LogP contribution in [0.3, 0.4) is 0 Å². The van der Waals surface area contributed by atoms with Gasteiger partial charge in [0.15, 0.2) is 0 Å². The van der Waals surface area contributed by atoms with Gasteiger partial charge < -0.3 is 4.74 Å². The van der Waals surface area contributed by atoms with Gasteiger partial charge in [-0.2, -0.15) is 13.2 Å². The van der Waals surface area contributed by atoms with E-state index < -0.39 is 11.7 Å². The normalized spacial score (nSPS) is 14.0. The molecule has 2 atom stereocenters.